The van der Waals surface area contributed by atoms with Crippen molar-refractivity contribution in [3.05, 3.63) is 40.6 Å². The number of hydrogen-bond acceptors (Lipinski definition) is 5. The van der Waals surface area contributed by atoms with Crippen LogP contribution in [0.25, 0.3) is 0 Å². The fourth-order valence-electron chi connectivity index (χ4n) is 1.55. The first-order chi connectivity index (χ1) is 9.19. The Kier molecular flexibility index (Phi) is 4.70. The molecule has 1 aromatic carbocycles. The molecule has 19 heavy (non-hydrogen) atoms. The molecule has 0 saturated heterocycles. The van der Waals surface area contributed by atoms with Gasteiger partial charge in [-0.05, 0) is 46.6 Å². The zero-order valence-electron chi connectivity index (χ0n) is 10.4. The molecule has 0 aliphatic carbocycles. The van der Waals surface area contributed by atoms with Crippen molar-refractivity contribution in [3.63, 3.8) is 0 Å². The Morgan fingerprint density at radius 1 is 1.32 bits per heavy atom. The lowest BCUT2D eigenvalue weighted by Crippen LogP contribution is -2.03. The molecule has 5 nitrogen and oxygen atoms in total. The van der Waals surface area contributed by atoms with Crippen LogP contribution in [0.5, 0.6) is 5.75 Å². The molecule has 0 saturated carbocycles. The van der Waals surface area contributed by atoms with Crippen molar-refractivity contribution >= 4 is 27.6 Å². The van der Waals surface area contributed by atoms with Crippen LogP contribution in [0.1, 0.15) is 5.56 Å². The lowest BCUT2D eigenvalue weighted by atomic mass is 10.2. The lowest BCUT2D eigenvalue weighted by Gasteiger charge is -2.10. The van der Waals surface area contributed by atoms with E-state index in [1.54, 1.807) is 12.4 Å². The second-order valence-corrected chi connectivity index (χ2v) is 4.82. The smallest absolute Gasteiger partial charge is 0.227 e. The highest BCUT2D eigenvalue weighted by molar-refractivity contribution is 9.10. The number of halogens is 1. The Hall–Kier alpha value is -1.66. The van der Waals surface area contributed by atoms with Crippen molar-refractivity contribution in [3.8, 4) is 5.75 Å². The van der Waals surface area contributed by atoms with Crippen molar-refractivity contribution in [1.29, 1.82) is 0 Å². The van der Waals surface area contributed by atoms with Crippen molar-refractivity contribution in [2.45, 2.75) is 6.92 Å². The molecular weight excluding hydrogens is 310 g/mol. The number of benzene rings is 1. The molecule has 0 fully saturated rings. The van der Waals surface area contributed by atoms with Crippen LogP contribution < -0.4 is 10.1 Å². The van der Waals surface area contributed by atoms with Gasteiger partial charge in [0.1, 0.15) is 12.4 Å². The number of aryl methyl sites for hydroxylation is 1. The maximum Gasteiger partial charge on any atom is 0.227 e. The van der Waals surface area contributed by atoms with E-state index < -0.39 is 0 Å². The number of aliphatic hydroxyl groups excluding tert-OH is 1. The maximum atomic E-state index is 8.73. The van der Waals surface area contributed by atoms with E-state index in [9.17, 15) is 0 Å². The van der Waals surface area contributed by atoms with Crippen LogP contribution in [-0.2, 0) is 0 Å². The first-order valence-corrected chi connectivity index (χ1v) is 6.57. The highest BCUT2D eigenvalue weighted by Gasteiger charge is 2.03. The summed E-state index contributed by atoms with van der Waals surface area (Å²) in [6, 6.07) is 5.68. The van der Waals surface area contributed by atoms with Crippen LogP contribution >= 0.6 is 15.9 Å². The summed E-state index contributed by atoms with van der Waals surface area (Å²) in [4.78, 5) is 8.28. The minimum Gasteiger partial charge on any atom is -0.491 e. The van der Waals surface area contributed by atoms with E-state index in [-0.39, 0.29) is 6.61 Å². The quantitative estimate of drug-likeness (QED) is 0.885. The number of aromatic nitrogens is 2. The van der Waals surface area contributed by atoms with Gasteiger partial charge in [0, 0.05) is 18.1 Å². The third kappa shape index (κ3) is 3.90. The summed E-state index contributed by atoms with van der Waals surface area (Å²) >= 11 is 3.29. The standard InChI is InChI=1S/C13H14BrN3O2/c1-9-6-11(2-3-12(9)19-5-4-18)17-13-15-7-10(14)8-16-13/h2-3,6-8,18H,4-5H2,1H3,(H,15,16,17). The molecule has 0 aliphatic heterocycles. The molecule has 1 aromatic heterocycles. The molecule has 0 radical (unpaired) electrons. The Balaban J connectivity index is 2.09. The van der Waals surface area contributed by atoms with Gasteiger partial charge in [-0.15, -0.1) is 0 Å². The molecule has 0 atom stereocenters. The third-order valence-corrected chi connectivity index (χ3v) is 2.81. The SMILES string of the molecule is Cc1cc(Nc2ncc(Br)cn2)ccc1OCCO. The van der Waals surface area contributed by atoms with Gasteiger partial charge in [0.25, 0.3) is 0 Å². The summed E-state index contributed by atoms with van der Waals surface area (Å²) in [5.41, 5.74) is 1.87. The molecular formula is C13H14BrN3O2. The van der Waals surface area contributed by atoms with Gasteiger partial charge in [0.15, 0.2) is 0 Å². The minimum absolute atomic E-state index is 0.00613. The van der Waals surface area contributed by atoms with Gasteiger partial charge in [-0.3, -0.25) is 0 Å². The summed E-state index contributed by atoms with van der Waals surface area (Å²) in [6.07, 6.45) is 3.36. The van der Waals surface area contributed by atoms with Crippen LogP contribution in [0, 0.1) is 6.92 Å². The van der Waals surface area contributed by atoms with Gasteiger partial charge in [-0.2, -0.15) is 0 Å². The predicted octanol–water partition coefficient (Wildman–Crippen LogP) is 2.66. The summed E-state index contributed by atoms with van der Waals surface area (Å²) in [5.74, 6) is 1.29. The number of hydrogen-bond donors (Lipinski definition) is 2. The Morgan fingerprint density at radius 2 is 2.05 bits per heavy atom. The molecule has 0 spiro atoms. The molecule has 1 heterocycles. The van der Waals surface area contributed by atoms with E-state index in [0.29, 0.717) is 12.6 Å². The average molecular weight is 324 g/mol. The minimum atomic E-state index is 0.00613. The van der Waals surface area contributed by atoms with E-state index >= 15 is 0 Å². The average Bonchev–Trinajstić information content (AvgIpc) is 2.41. The van der Waals surface area contributed by atoms with Gasteiger partial charge in [-0.25, -0.2) is 9.97 Å². The van der Waals surface area contributed by atoms with Crippen LogP contribution in [-0.4, -0.2) is 28.3 Å². The topological polar surface area (TPSA) is 67.3 Å². The summed E-state index contributed by atoms with van der Waals surface area (Å²) in [7, 11) is 0. The highest BCUT2D eigenvalue weighted by Crippen LogP contribution is 2.23. The van der Waals surface area contributed by atoms with Crippen molar-refractivity contribution in [2.75, 3.05) is 18.5 Å². The van der Waals surface area contributed by atoms with Gasteiger partial charge in [0.05, 0.1) is 11.1 Å². The fraction of sp³-hybridized carbons (Fsp3) is 0.231. The molecule has 0 aliphatic rings. The first kappa shape index (κ1) is 13.8. The zero-order valence-corrected chi connectivity index (χ0v) is 12.0. The van der Waals surface area contributed by atoms with Crippen molar-refractivity contribution < 1.29 is 9.84 Å². The number of aliphatic hydroxyl groups is 1. The molecule has 0 unspecified atom stereocenters. The largest absolute Gasteiger partial charge is 0.491 e. The van der Waals surface area contributed by atoms with Crippen LogP contribution in [0.4, 0.5) is 11.6 Å². The number of rotatable bonds is 5. The van der Waals surface area contributed by atoms with Gasteiger partial charge < -0.3 is 15.2 Å². The molecule has 2 aromatic rings. The monoisotopic (exact) mass is 323 g/mol. The third-order valence-electron chi connectivity index (χ3n) is 2.40. The number of anilines is 2. The van der Waals surface area contributed by atoms with E-state index in [4.69, 9.17) is 9.84 Å². The lowest BCUT2D eigenvalue weighted by molar-refractivity contribution is 0.200. The normalized spacial score (nSPS) is 10.3. The number of nitrogens with one attached hydrogen (secondary N) is 1. The Labute approximate surface area is 119 Å². The first-order valence-electron chi connectivity index (χ1n) is 5.78. The summed E-state index contributed by atoms with van der Waals surface area (Å²) in [6.45, 7) is 2.25. The highest BCUT2D eigenvalue weighted by atomic mass is 79.9. The molecule has 0 amide bonds. The van der Waals surface area contributed by atoms with Crippen molar-refractivity contribution in [1.82, 2.24) is 9.97 Å². The zero-order chi connectivity index (χ0) is 13.7. The van der Waals surface area contributed by atoms with Crippen LogP contribution in [0.15, 0.2) is 35.1 Å². The second kappa shape index (κ2) is 6.49. The maximum absolute atomic E-state index is 8.73. The fourth-order valence-corrected chi connectivity index (χ4v) is 1.76. The Bertz CT molecular complexity index is 546. The van der Waals surface area contributed by atoms with Gasteiger partial charge >= 0.3 is 0 Å². The van der Waals surface area contributed by atoms with Crippen molar-refractivity contribution in [2.24, 2.45) is 0 Å². The molecule has 6 heteroatoms. The molecule has 2 rings (SSSR count). The van der Waals surface area contributed by atoms with Crippen LogP contribution in [0.2, 0.25) is 0 Å². The second-order valence-electron chi connectivity index (χ2n) is 3.90. The van der Waals surface area contributed by atoms with Crippen LogP contribution in [0.3, 0.4) is 0 Å². The van der Waals surface area contributed by atoms with E-state index in [1.807, 2.05) is 25.1 Å². The van der Waals surface area contributed by atoms with Gasteiger partial charge in [0.2, 0.25) is 5.95 Å². The Morgan fingerprint density at radius 3 is 2.68 bits per heavy atom. The van der Waals surface area contributed by atoms with E-state index in [2.05, 4.69) is 31.2 Å². The molecule has 2 N–H and O–H groups in total. The number of nitrogens with zero attached hydrogens (tertiary/aromatic N) is 2. The predicted molar refractivity (Wildman–Crippen MR) is 76.8 cm³/mol. The van der Waals surface area contributed by atoms with E-state index in [1.165, 1.54) is 0 Å². The molecule has 0 bridgehead atoms. The summed E-state index contributed by atoms with van der Waals surface area (Å²) in [5, 5.41) is 11.8. The van der Waals surface area contributed by atoms with Gasteiger partial charge in [-0.1, -0.05) is 0 Å². The number of ether oxygens (including phenoxy) is 1. The van der Waals surface area contributed by atoms with E-state index in [0.717, 1.165) is 21.5 Å². The summed E-state index contributed by atoms with van der Waals surface area (Å²) < 4.78 is 6.23. The molecule has 100 valence electrons.